The Morgan fingerprint density at radius 3 is 2.57 bits per heavy atom. The fraction of sp³-hybridized carbons (Fsp3) is 0.238. The van der Waals surface area contributed by atoms with Crippen molar-refractivity contribution in [2.75, 3.05) is 5.75 Å². The average molecular weight is 462 g/mol. The van der Waals surface area contributed by atoms with Crippen molar-refractivity contribution in [2.45, 2.75) is 32.5 Å². The molecule has 9 heteroatoms. The van der Waals surface area contributed by atoms with Crippen molar-refractivity contribution in [1.82, 2.24) is 20.2 Å². The molecule has 0 saturated heterocycles. The minimum Gasteiger partial charge on any atom is -0.302 e. The van der Waals surface area contributed by atoms with Crippen LogP contribution in [0.1, 0.15) is 25.0 Å². The van der Waals surface area contributed by atoms with E-state index in [1.807, 2.05) is 42.7 Å². The summed E-state index contributed by atoms with van der Waals surface area (Å²) in [4.78, 5) is 12.3. The molecule has 0 aliphatic rings. The number of aromatic nitrogens is 3. The Morgan fingerprint density at radius 2 is 1.90 bits per heavy atom. The fourth-order valence-corrected chi connectivity index (χ4v) is 4.09. The highest BCUT2D eigenvalue weighted by Crippen LogP contribution is 2.24. The number of aryl methyl sites for hydroxylation is 1. The molecule has 0 radical (unpaired) electrons. The van der Waals surface area contributed by atoms with Crippen LogP contribution in [0.3, 0.4) is 0 Å². The summed E-state index contributed by atoms with van der Waals surface area (Å²) in [6.45, 7) is 6.53. The highest BCUT2D eigenvalue weighted by atomic mass is 35.5. The van der Waals surface area contributed by atoms with Crippen LogP contribution in [0.25, 0.3) is 11.4 Å². The summed E-state index contributed by atoms with van der Waals surface area (Å²) < 4.78 is 1.99. The van der Waals surface area contributed by atoms with Crippen LogP contribution in [0.4, 0.5) is 0 Å². The maximum absolute atomic E-state index is 12.3. The summed E-state index contributed by atoms with van der Waals surface area (Å²) in [7, 11) is 0. The number of hydrazone groups is 1. The van der Waals surface area contributed by atoms with Crippen molar-refractivity contribution in [2.24, 2.45) is 5.10 Å². The molecule has 0 atom stereocenters. The Labute approximate surface area is 189 Å². The lowest BCUT2D eigenvalue weighted by Gasteiger charge is -2.08. The molecule has 0 aliphatic carbocycles. The predicted molar refractivity (Wildman–Crippen MR) is 123 cm³/mol. The predicted octanol–water partition coefficient (Wildman–Crippen LogP) is 5.21. The molecule has 3 aromatic rings. The topological polar surface area (TPSA) is 72.2 Å². The number of hydrogen-bond donors (Lipinski definition) is 1. The summed E-state index contributed by atoms with van der Waals surface area (Å²) in [6.07, 6.45) is 0. The van der Waals surface area contributed by atoms with Gasteiger partial charge in [0.2, 0.25) is 0 Å². The minimum atomic E-state index is -0.244. The van der Waals surface area contributed by atoms with Gasteiger partial charge in [-0.05, 0) is 32.9 Å². The quantitative estimate of drug-likeness (QED) is 0.297. The first-order valence-electron chi connectivity index (χ1n) is 9.30. The lowest BCUT2D eigenvalue weighted by Crippen LogP contribution is -2.21. The van der Waals surface area contributed by atoms with E-state index in [9.17, 15) is 4.79 Å². The molecule has 0 fully saturated rings. The van der Waals surface area contributed by atoms with E-state index in [0.717, 1.165) is 11.4 Å². The lowest BCUT2D eigenvalue weighted by molar-refractivity contribution is -0.118. The van der Waals surface area contributed by atoms with E-state index in [1.165, 1.54) is 17.3 Å². The number of nitrogens with zero attached hydrogens (tertiary/aromatic N) is 4. The molecular weight excluding hydrogens is 441 g/mol. The first-order valence-corrected chi connectivity index (χ1v) is 11.0. The molecule has 0 saturated carbocycles. The lowest BCUT2D eigenvalue weighted by atomic mass is 10.1. The summed E-state index contributed by atoms with van der Waals surface area (Å²) in [5.74, 6) is 0.704. The number of carbonyl (C=O) groups excluding carboxylic acids is 1. The normalized spacial score (nSPS) is 11.6. The van der Waals surface area contributed by atoms with E-state index in [2.05, 4.69) is 20.7 Å². The molecule has 0 bridgehead atoms. The number of halogens is 2. The number of amides is 1. The van der Waals surface area contributed by atoms with E-state index in [1.54, 1.807) is 25.1 Å². The highest BCUT2D eigenvalue weighted by Gasteiger charge is 2.14. The van der Waals surface area contributed by atoms with Crippen LogP contribution in [0, 0.1) is 6.92 Å². The molecule has 0 spiro atoms. The molecule has 1 N–H and O–H groups in total. The van der Waals surface area contributed by atoms with Crippen LogP contribution < -0.4 is 5.43 Å². The Kier molecular flexibility index (Phi) is 7.53. The van der Waals surface area contributed by atoms with E-state index >= 15 is 0 Å². The molecule has 1 amide bonds. The molecular formula is C21H21Cl2N5OS. The van der Waals surface area contributed by atoms with Crippen LogP contribution in [-0.2, 0) is 11.3 Å². The van der Waals surface area contributed by atoms with Crippen molar-refractivity contribution >= 4 is 46.6 Å². The van der Waals surface area contributed by atoms with E-state index in [0.29, 0.717) is 33.0 Å². The Hall–Kier alpha value is -2.35. The maximum atomic E-state index is 12.3. The molecule has 0 unspecified atom stereocenters. The second kappa shape index (κ2) is 10.1. The standard InChI is InChI=1S/C21H21Cl2N5OS/c1-4-28-20(15-7-5-13(2)6-8-15)26-27-21(28)30-12-19(29)25-24-14(3)17-10-9-16(22)11-18(17)23/h5-11H,4,12H2,1-3H3,(H,25,29)/b24-14-. The molecule has 2 aromatic carbocycles. The van der Waals surface area contributed by atoms with E-state index in [-0.39, 0.29) is 11.7 Å². The van der Waals surface area contributed by atoms with Gasteiger partial charge in [-0.15, -0.1) is 10.2 Å². The Bertz CT molecular complexity index is 1080. The van der Waals surface area contributed by atoms with E-state index in [4.69, 9.17) is 23.2 Å². The van der Waals surface area contributed by atoms with Crippen molar-refractivity contribution in [1.29, 1.82) is 0 Å². The number of nitrogens with one attached hydrogen (secondary N) is 1. The number of rotatable bonds is 7. The van der Waals surface area contributed by atoms with Crippen LogP contribution in [-0.4, -0.2) is 32.1 Å². The average Bonchev–Trinajstić information content (AvgIpc) is 3.14. The van der Waals surface area contributed by atoms with Crippen LogP contribution >= 0.6 is 35.0 Å². The zero-order chi connectivity index (χ0) is 21.7. The van der Waals surface area contributed by atoms with Crippen LogP contribution in [0.5, 0.6) is 0 Å². The fourth-order valence-electron chi connectivity index (χ4n) is 2.75. The second-order valence-corrected chi connectivity index (χ2v) is 8.35. The third-order valence-corrected chi connectivity index (χ3v) is 5.86. The molecule has 3 rings (SSSR count). The number of thioether (sulfide) groups is 1. The van der Waals surface area contributed by atoms with E-state index < -0.39 is 0 Å². The van der Waals surface area contributed by atoms with Gasteiger partial charge in [-0.25, -0.2) is 5.43 Å². The van der Waals surface area contributed by atoms with Crippen LogP contribution in [0.15, 0.2) is 52.7 Å². The van der Waals surface area contributed by atoms with Gasteiger partial charge in [0, 0.05) is 22.7 Å². The molecule has 0 aliphatic heterocycles. The highest BCUT2D eigenvalue weighted by molar-refractivity contribution is 7.99. The van der Waals surface area contributed by atoms with Gasteiger partial charge in [-0.3, -0.25) is 4.79 Å². The number of benzene rings is 2. The van der Waals surface area contributed by atoms with Crippen molar-refractivity contribution in [3.05, 3.63) is 63.6 Å². The third-order valence-electron chi connectivity index (χ3n) is 4.34. The molecule has 156 valence electrons. The van der Waals surface area contributed by atoms with Crippen molar-refractivity contribution < 1.29 is 4.79 Å². The van der Waals surface area contributed by atoms with Crippen LogP contribution in [0.2, 0.25) is 10.0 Å². The first-order chi connectivity index (χ1) is 14.4. The summed E-state index contributed by atoms with van der Waals surface area (Å²) in [5.41, 5.74) is 6.03. The maximum Gasteiger partial charge on any atom is 0.250 e. The Morgan fingerprint density at radius 1 is 1.17 bits per heavy atom. The molecule has 1 aromatic heterocycles. The Balaban J connectivity index is 1.64. The summed E-state index contributed by atoms with van der Waals surface area (Å²) >= 11 is 13.4. The zero-order valence-corrected chi connectivity index (χ0v) is 19.1. The number of hydrogen-bond acceptors (Lipinski definition) is 5. The molecule has 30 heavy (non-hydrogen) atoms. The SMILES string of the molecule is CCn1c(SCC(=O)N/N=C(/C)c2ccc(Cl)cc2Cl)nnc1-c1ccc(C)cc1. The molecule has 6 nitrogen and oxygen atoms in total. The van der Waals surface area contributed by atoms with Gasteiger partial charge in [-0.1, -0.05) is 70.9 Å². The first kappa shape index (κ1) is 22.3. The summed E-state index contributed by atoms with van der Waals surface area (Å²) in [5, 5.41) is 14.4. The van der Waals surface area contributed by atoms with Gasteiger partial charge in [0.15, 0.2) is 11.0 Å². The van der Waals surface area contributed by atoms with Gasteiger partial charge in [-0.2, -0.15) is 5.10 Å². The van der Waals surface area contributed by atoms with Gasteiger partial charge < -0.3 is 4.57 Å². The summed E-state index contributed by atoms with van der Waals surface area (Å²) in [6, 6.07) is 13.2. The smallest absolute Gasteiger partial charge is 0.250 e. The largest absolute Gasteiger partial charge is 0.302 e. The minimum absolute atomic E-state index is 0.164. The zero-order valence-electron chi connectivity index (χ0n) is 16.8. The van der Waals surface area contributed by atoms with Gasteiger partial charge in [0.25, 0.3) is 5.91 Å². The monoisotopic (exact) mass is 461 g/mol. The molecule has 1 heterocycles. The third kappa shape index (κ3) is 5.41. The number of carbonyl (C=O) groups is 1. The van der Waals surface area contributed by atoms with Crippen molar-refractivity contribution in [3.8, 4) is 11.4 Å². The van der Waals surface area contributed by atoms with Gasteiger partial charge in [0.05, 0.1) is 16.5 Å². The second-order valence-electron chi connectivity index (χ2n) is 6.56. The van der Waals surface area contributed by atoms with Gasteiger partial charge >= 0.3 is 0 Å². The van der Waals surface area contributed by atoms with Gasteiger partial charge in [0.1, 0.15) is 0 Å². The van der Waals surface area contributed by atoms with Crippen molar-refractivity contribution in [3.63, 3.8) is 0 Å².